The zero-order valence-corrected chi connectivity index (χ0v) is 15.9. The maximum Gasteiger partial charge on any atom is 0.254 e. The summed E-state index contributed by atoms with van der Waals surface area (Å²) in [6.07, 6.45) is 2.17. The molecule has 4 rings (SSSR count). The third-order valence-corrected chi connectivity index (χ3v) is 5.29. The summed E-state index contributed by atoms with van der Waals surface area (Å²) in [5.41, 5.74) is 1.80. The van der Waals surface area contributed by atoms with Crippen molar-refractivity contribution in [2.24, 2.45) is 0 Å². The lowest BCUT2D eigenvalue weighted by molar-refractivity contribution is 0.0509. The molecule has 0 spiro atoms. The lowest BCUT2D eigenvalue weighted by atomic mass is 10.0. The Labute approximate surface area is 164 Å². The summed E-state index contributed by atoms with van der Waals surface area (Å²) >= 11 is 6.01. The van der Waals surface area contributed by atoms with E-state index in [0.717, 1.165) is 41.3 Å². The minimum absolute atomic E-state index is 0.0391. The molecule has 1 fully saturated rings. The van der Waals surface area contributed by atoms with E-state index in [0.29, 0.717) is 18.1 Å². The van der Waals surface area contributed by atoms with Crippen molar-refractivity contribution < 1.29 is 9.53 Å². The highest BCUT2D eigenvalue weighted by Gasteiger charge is 2.24. The monoisotopic (exact) mass is 379 g/mol. The third-order valence-electron chi connectivity index (χ3n) is 5.04. The Balaban J connectivity index is 1.65. The molecule has 1 aliphatic heterocycles. The number of hydrogen-bond acceptors (Lipinski definition) is 2. The van der Waals surface area contributed by atoms with E-state index in [-0.39, 0.29) is 12.0 Å². The summed E-state index contributed by atoms with van der Waals surface area (Å²) in [5.74, 6) is 0.0391. The summed E-state index contributed by atoms with van der Waals surface area (Å²) in [4.78, 5) is 15.4. The second-order valence-electron chi connectivity index (χ2n) is 6.97. The van der Waals surface area contributed by atoms with Gasteiger partial charge in [-0.3, -0.25) is 4.79 Å². The third kappa shape index (κ3) is 4.15. The highest BCUT2D eigenvalue weighted by molar-refractivity contribution is 6.30. The molecule has 0 radical (unpaired) electrons. The molecule has 27 heavy (non-hydrogen) atoms. The second kappa shape index (κ2) is 8.12. The normalized spacial score (nSPS) is 16.6. The van der Waals surface area contributed by atoms with Crippen LogP contribution >= 0.6 is 11.6 Å². The van der Waals surface area contributed by atoms with Crippen LogP contribution in [0.2, 0.25) is 5.02 Å². The number of amides is 1. The van der Waals surface area contributed by atoms with E-state index in [4.69, 9.17) is 16.3 Å². The number of carbonyl (C=O) groups excluding carboxylic acids is 1. The smallest absolute Gasteiger partial charge is 0.254 e. The van der Waals surface area contributed by atoms with Crippen LogP contribution in [0.3, 0.4) is 0 Å². The van der Waals surface area contributed by atoms with Crippen molar-refractivity contribution in [2.45, 2.75) is 25.5 Å². The second-order valence-corrected chi connectivity index (χ2v) is 7.41. The molecule has 1 unspecified atom stereocenters. The molecule has 3 aromatic carbocycles. The number of carbonyl (C=O) groups is 1. The lowest BCUT2D eigenvalue weighted by Crippen LogP contribution is -2.37. The molecule has 1 aliphatic rings. The Morgan fingerprint density at radius 2 is 1.81 bits per heavy atom. The predicted molar refractivity (Wildman–Crippen MR) is 109 cm³/mol. The van der Waals surface area contributed by atoms with Crippen LogP contribution in [-0.2, 0) is 11.3 Å². The average Bonchev–Trinajstić information content (AvgIpc) is 3.21. The van der Waals surface area contributed by atoms with Gasteiger partial charge >= 0.3 is 0 Å². The Hall–Kier alpha value is -2.36. The minimum atomic E-state index is 0.0391. The quantitative estimate of drug-likeness (QED) is 0.600. The van der Waals surface area contributed by atoms with Gasteiger partial charge in [-0.25, -0.2) is 0 Å². The van der Waals surface area contributed by atoms with Crippen LogP contribution in [0.25, 0.3) is 10.8 Å². The first-order valence-corrected chi connectivity index (χ1v) is 9.71. The number of halogens is 1. The molecule has 138 valence electrons. The van der Waals surface area contributed by atoms with Crippen LogP contribution < -0.4 is 0 Å². The van der Waals surface area contributed by atoms with Crippen molar-refractivity contribution in [3.63, 3.8) is 0 Å². The topological polar surface area (TPSA) is 29.5 Å². The summed E-state index contributed by atoms with van der Waals surface area (Å²) in [5, 5.41) is 2.76. The van der Waals surface area contributed by atoms with Gasteiger partial charge in [0.2, 0.25) is 0 Å². The summed E-state index contributed by atoms with van der Waals surface area (Å²) in [7, 11) is 0. The highest BCUT2D eigenvalue weighted by Crippen LogP contribution is 2.23. The van der Waals surface area contributed by atoms with Gasteiger partial charge in [0.25, 0.3) is 5.91 Å². The lowest BCUT2D eigenvalue weighted by Gasteiger charge is -2.26. The molecular weight excluding hydrogens is 358 g/mol. The van der Waals surface area contributed by atoms with Crippen LogP contribution in [0.15, 0.2) is 66.7 Å². The molecule has 3 nitrogen and oxygen atoms in total. The number of rotatable bonds is 5. The van der Waals surface area contributed by atoms with Gasteiger partial charge in [-0.2, -0.15) is 0 Å². The molecule has 4 heteroatoms. The van der Waals surface area contributed by atoms with Crippen LogP contribution in [0.1, 0.15) is 28.8 Å². The molecule has 1 atom stereocenters. The molecule has 0 aliphatic carbocycles. The Morgan fingerprint density at radius 1 is 1.04 bits per heavy atom. The first-order chi connectivity index (χ1) is 13.2. The van der Waals surface area contributed by atoms with Crippen molar-refractivity contribution in [3.05, 3.63) is 82.9 Å². The maximum absolute atomic E-state index is 13.5. The van der Waals surface area contributed by atoms with Crippen molar-refractivity contribution >= 4 is 28.3 Å². The zero-order valence-electron chi connectivity index (χ0n) is 15.1. The standard InChI is InChI=1S/C23H22ClNO2/c24-19-12-10-17(11-13-19)15-25(16-20-7-4-14-27-20)23(26)22-9-3-6-18-5-1-2-8-21(18)22/h1-3,5-6,8-13,20H,4,7,14-16H2. The number of benzene rings is 3. The van der Waals surface area contributed by atoms with E-state index in [1.165, 1.54) is 0 Å². The van der Waals surface area contributed by atoms with E-state index >= 15 is 0 Å². The molecule has 0 aromatic heterocycles. The van der Waals surface area contributed by atoms with Gasteiger partial charge < -0.3 is 9.64 Å². The summed E-state index contributed by atoms with van der Waals surface area (Å²) in [6.45, 7) is 1.92. The number of fused-ring (bicyclic) bond motifs is 1. The minimum Gasteiger partial charge on any atom is -0.376 e. The molecule has 1 heterocycles. The molecule has 0 saturated carbocycles. The molecule has 0 bridgehead atoms. The van der Waals surface area contributed by atoms with Crippen molar-refractivity contribution in [1.82, 2.24) is 4.90 Å². The van der Waals surface area contributed by atoms with E-state index < -0.39 is 0 Å². The van der Waals surface area contributed by atoms with E-state index in [9.17, 15) is 4.79 Å². The largest absolute Gasteiger partial charge is 0.376 e. The molecule has 0 N–H and O–H groups in total. The van der Waals surface area contributed by atoms with Crippen molar-refractivity contribution in [1.29, 1.82) is 0 Å². The molecular formula is C23H22ClNO2. The van der Waals surface area contributed by atoms with Gasteiger partial charge in [-0.15, -0.1) is 0 Å². The fourth-order valence-corrected chi connectivity index (χ4v) is 3.77. The Morgan fingerprint density at radius 3 is 2.59 bits per heavy atom. The zero-order chi connectivity index (χ0) is 18.6. The van der Waals surface area contributed by atoms with E-state index in [2.05, 4.69) is 0 Å². The average molecular weight is 380 g/mol. The Bertz CT molecular complexity index is 927. The van der Waals surface area contributed by atoms with E-state index in [1.54, 1.807) is 0 Å². The summed E-state index contributed by atoms with van der Waals surface area (Å²) in [6, 6.07) is 21.6. The number of ether oxygens (including phenoxy) is 1. The van der Waals surface area contributed by atoms with Crippen LogP contribution in [-0.4, -0.2) is 30.1 Å². The first kappa shape index (κ1) is 18.0. The van der Waals surface area contributed by atoms with Gasteiger partial charge in [-0.05, 0) is 47.4 Å². The molecule has 1 saturated heterocycles. The van der Waals surface area contributed by atoms with Gasteiger partial charge in [0.15, 0.2) is 0 Å². The SMILES string of the molecule is O=C(c1cccc2ccccc12)N(Cc1ccc(Cl)cc1)CC1CCCO1. The van der Waals surface area contributed by atoms with E-state index in [1.807, 2.05) is 71.6 Å². The highest BCUT2D eigenvalue weighted by atomic mass is 35.5. The number of nitrogens with zero attached hydrogens (tertiary/aromatic N) is 1. The Kier molecular flexibility index (Phi) is 5.42. The number of hydrogen-bond donors (Lipinski definition) is 0. The maximum atomic E-state index is 13.5. The van der Waals surface area contributed by atoms with Crippen LogP contribution in [0.4, 0.5) is 0 Å². The van der Waals surface area contributed by atoms with Gasteiger partial charge in [0.1, 0.15) is 0 Å². The molecule has 3 aromatic rings. The fraction of sp³-hybridized carbons (Fsp3) is 0.261. The molecule has 1 amide bonds. The first-order valence-electron chi connectivity index (χ1n) is 9.34. The predicted octanol–water partition coefficient (Wildman–Crippen LogP) is 5.31. The van der Waals surface area contributed by atoms with Gasteiger partial charge in [0.05, 0.1) is 6.10 Å². The van der Waals surface area contributed by atoms with Crippen LogP contribution in [0, 0.1) is 0 Å². The van der Waals surface area contributed by atoms with Crippen molar-refractivity contribution in [2.75, 3.05) is 13.2 Å². The van der Waals surface area contributed by atoms with Gasteiger partial charge in [-0.1, -0.05) is 60.1 Å². The van der Waals surface area contributed by atoms with Crippen molar-refractivity contribution in [3.8, 4) is 0 Å². The summed E-state index contributed by atoms with van der Waals surface area (Å²) < 4.78 is 5.80. The van der Waals surface area contributed by atoms with Crippen LogP contribution in [0.5, 0.6) is 0 Å². The van der Waals surface area contributed by atoms with Gasteiger partial charge in [0, 0.05) is 30.3 Å². The fourth-order valence-electron chi connectivity index (χ4n) is 3.65.